The highest BCUT2D eigenvalue weighted by Gasteiger charge is 2.12. The fraction of sp³-hybridized carbons (Fsp3) is 0.227. The van der Waals surface area contributed by atoms with Crippen LogP contribution in [-0.2, 0) is 11.3 Å². The Morgan fingerprint density at radius 1 is 1.11 bits per heavy atom. The first-order chi connectivity index (χ1) is 13.1. The maximum absolute atomic E-state index is 13.9. The summed E-state index contributed by atoms with van der Waals surface area (Å²) in [5, 5.41) is 5.08. The van der Waals surface area contributed by atoms with Gasteiger partial charge in [0.1, 0.15) is 0 Å². The summed E-state index contributed by atoms with van der Waals surface area (Å²) in [6.07, 6.45) is 0. The lowest BCUT2D eigenvalue weighted by molar-refractivity contribution is -0.117. The van der Waals surface area contributed by atoms with E-state index in [0.29, 0.717) is 13.1 Å². The van der Waals surface area contributed by atoms with Crippen LogP contribution in [0.4, 0.5) is 10.1 Å². The highest BCUT2D eigenvalue weighted by molar-refractivity contribution is 6.02. The number of methoxy groups -OCH3 is 1. The number of fused-ring (bicyclic) bond motifs is 1. The molecule has 27 heavy (non-hydrogen) atoms. The number of hydrogen-bond acceptors (Lipinski definition) is 3. The molecule has 4 nitrogen and oxygen atoms in total. The Balaban J connectivity index is 1.67. The van der Waals surface area contributed by atoms with Crippen LogP contribution in [0.25, 0.3) is 10.8 Å². The van der Waals surface area contributed by atoms with E-state index in [9.17, 15) is 9.18 Å². The first-order valence-electron chi connectivity index (χ1n) is 8.93. The number of carbonyl (C=O) groups is 1. The second-order valence-electron chi connectivity index (χ2n) is 6.35. The number of rotatable bonds is 7. The van der Waals surface area contributed by atoms with Crippen LogP contribution in [-0.4, -0.2) is 31.0 Å². The molecule has 0 unspecified atom stereocenters. The van der Waals surface area contributed by atoms with E-state index in [1.807, 2.05) is 60.4 Å². The number of nitrogens with zero attached hydrogens (tertiary/aromatic N) is 1. The smallest absolute Gasteiger partial charge is 0.238 e. The normalized spacial score (nSPS) is 11.0. The van der Waals surface area contributed by atoms with E-state index in [4.69, 9.17) is 4.74 Å². The lowest BCUT2D eigenvalue weighted by atomic mass is 10.1. The minimum Gasteiger partial charge on any atom is -0.494 e. The van der Waals surface area contributed by atoms with Gasteiger partial charge in [0.2, 0.25) is 5.91 Å². The number of hydrogen-bond donors (Lipinski definition) is 1. The van der Waals surface area contributed by atoms with Gasteiger partial charge in [-0.05, 0) is 35.7 Å². The third-order valence-corrected chi connectivity index (χ3v) is 4.50. The zero-order valence-electron chi connectivity index (χ0n) is 15.5. The lowest BCUT2D eigenvalue weighted by Gasteiger charge is -2.20. The number of ether oxygens (including phenoxy) is 1. The topological polar surface area (TPSA) is 41.6 Å². The van der Waals surface area contributed by atoms with Crippen LogP contribution < -0.4 is 10.1 Å². The number of likely N-dealkylation sites (N-methyl/N-ethyl adjacent to an activating group) is 1. The summed E-state index contributed by atoms with van der Waals surface area (Å²) < 4.78 is 18.8. The lowest BCUT2D eigenvalue weighted by Crippen LogP contribution is -2.32. The average Bonchev–Trinajstić information content (AvgIpc) is 2.68. The summed E-state index contributed by atoms with van der Waals surface area (Å²) in [6, 6.07) is 18.6. The van der Waals surface area contributed by atoms with Crippen LogP contribution in [0.3, 0.4) is 0 Å². The summed E-state index contributed by atoms with van der Waals surface area (Å²) in [4.78, 5) is 14.5. The van der Waals surface area contributed by atoms with Gasteiger partial charge in [-0.15, -0.1) is 0 Å². The van der Waals surface area contributed by atoms with Crippen LogP contribution in [0.15, 0.2) is 60.7 Å². The minimum absolute atomic E-state index is 0.0952. The Morgan fingerprint density at radius 3 is 2.63 bits per heavy atom. The van der Waals surface area contributed by atoms with Crippen molar-refractivity contribution in [1.29, 1.82) is 0 Å². The molecular formula is C22H23FN2O2. The molecule has 1 N–H and O–H groups in total. The van der Waals surface area contributed by atoms with Gasteiger partial charge < -0.3 is 10.1 Å². The predicted octanol–water partition coefficient (Wildman–Crippen LogP) is 4.45. The Labute approximate surface area is 158 Å². The van der Waals surface area contributed by atoms with Gasteiger partial charge in [0.25, 0.3) is 0 Å². The van der Waals surface area contributed by atoms with Crippen molar-refractivity contribution in [3.05, 3.63) is 72.0 Å². The molecule has 0 radical (unpaired) electrons. The fourth-order valence-electron chi connectivity index (χ4n) is 3.07. The summed E-state index contributed by atoms with van der Waals surface area (Å²) >= 11 is 0. The zero-order valence-corrected chi connectivity index (χ0v) is 15.5. The summed E-state index contributed by atoms with van der Waals surface area (Å²) in [7, 11) is 1.44. The number of anilines is 1. The Kier molecular flexibility index (Phi) is 6.04. The van der Waals surface area contributed by atoms with Gasteiger partial charge >= 0.3 is 0 Å². The highest BCUT2D eigenvalue weighted by atomic mass is 19.1. The molecule has 0 spiro atoms. The molecule has 3 aromatic rings. The molecule has 0 fully saturated rings. The fourth-order valence-corrected chi connectivity index (χ4v) is 3.07. The van der Waals surface area contributed by atoms with Crippen molar-refractivity contribution in [2.45, 2.75) is 13.5 Å². The summed E-state index contributed by atoms with van der Waals surface area (Å²) in [5.41, 5.74) is 1.60. The van der Waals surface area contributed by atoms with Crippen molar-refractivity contribution in [3.63, 3.8) is 0 Å². The number of carbonyl (C=O) groups excluding carboxylic acids is 1. The van der Waals surface area contributed by atoms with Crippen LogP contribution in [0, 0.1) is 5.82 Å². The molecule has 0 saturated carbocycles. The molecule has 3 aromatic carbocycles. The first kappa shape index (κ1) is 18.9. The molecule has 0 saturated heterocycles. The van der Waals surface area contributed by atoms with E-state index in [-0.39, 0.29) is 18.2 Å². The third-order valence-electron chi connectivity index (χ3n) is 4.50. The molecule has 0 atom stereocenters. The maximum Gasteiger partial charge on any atom is 0.238 e. The van der Waals surface area contributed by atoms with Gasteiger partial charge in [-0.3, -0.25) is 9.69 Å². The second kappa shape index (κ2) is 8.64. The van der Waals surface area contributed by atoms with Crippen molar-refractivity contribution < 1.29 is 13.9 Å². The number of halogens is 1. The Bertz CT molecular complexity index is 937. The molecule has 0 heterocycles. The molecule has 0 aliphatic carbocycles. The van der Waals surface area contributed by atoms with Gasteiger partial charge in [0, 0.05) is 17.6 Å². The van der Waals surface area contributed by atoms with Gasteiger partial charge in [-0.2, -0.15) is 0 Å². The number of benzene rings is 3. The van der Waals surface area contributed by atoms with Gasteiger partial charge in [0.15, 0.2) is 11.6 Å². The van der Waals surface area contributed by atoms with E-state index >= 15 is 0 Å². The molecule has 1 amide bonds. The average molecular weight is 366 g/mol. The second-order valence-corrected chi connectivity index (χ2v) is 6.35. The molecule has 3 rings (SSSR count). The Morgan fingerprint density at radius 2 is 1.89 bits per heavy atom. The first-order valence-corrected chi connectivity index (χ1v) is 8.93. The van der Waals surface area contributed by atoms with E-state index in [0.717, 1.165) is 22.0 Å². The van der Waals surface area contributed by atoms with E-state index in [1.165, 1.54) is 13.2 Å². The SMILES string of the molecule is CCN(CC(=O)Nc1cccc2ccccc12)Cc1ccc(OC)c(F)c1. The van der Waals surface area contributed by atoms with Crippen molar-refractivity contribution >= 4 is 22.4 Å². The van der Waals surface area contributed by atoms with E-state index in [2.05, 4.69) is 5.32 Å². The van der Waals surface area contributed by atoms with Gasteiger partial charge in [-0.1, -0.05) is 49.4 Å². The van der Waals surface area contributed by atoms with Crippen LogP contribution in [0.5, 0.6) is 5.75 Å². The van der Waals surface area contributed by atoms with Crippen LogP contribution in [0.2, 0.25) is 0 Å². The number of nitrogens with one attached hydrogen (secondary N) is 1. The predicted molar refractivity (Wildman–Crippen MR) is 106 cm³/mol. The highest BCUT2D eigenvalue weighted by Crippen LogP contribution is 2.23. The molecule has 0 bridgehead atoms. The molecular weight excluding hydrogens is 343 g/mol. The molecule has 0 aliphatic rings. The minimum atomic E-state index is -0.397. The van der Waals surface area contributed by atoms with E-state index in [1.54, 1.807) is 6.07 Å². The summed E-state index contributed by atoms with van der Waals surface area (Å²) in [5.74, 6) is -0.274. The largest absolute Gasteiger partial charge is 0.494 e. The van der Waals surface area contributed by atoms with Crippen molar-refractivity contribution in [2.24, 2.45) is 0 Å². The standard InChI is InChI=1S/C22H23FN2O2/c1-3-25(14-16-11-12-21(27-2)19(23)13-16)15-22(26)24-20-10-6-8-17-7-4-5-9-18(17)20/h4-13H,3,14-15H2,1-2H3,(H,24,26). The molecule has 0 aromatic heterocycles. The monoisotopic (exact) mass is 366 g/mol. The zero-order chi connectivity index (χ0) is 19.2. The van der Waals surface area contributed by atoms with E-state index < -0.39 is 5.82 Å². The van der Waals surface area contributed by atoms with Crippen molar-refractivity contribution in [3.8, 4) is 5.75 Å². The summed E-state index contributed by atoms with van der Waals surface area (Å²) in [6.45, 7) is 3.37. The Hall–Kier alpha value is -2.92. The van der Waals surface area contributed by atoms with Gasteiger partial charge in [0.05, 0.1) is 13.7 Å². The quantitative estimate of drug-likeness (QED) is 0.672. The molecule has 0 aliphatic heterocycles. The number of amides is 1. The molecule has 5 heteroatoms. The maximum atomic E-state index is 13.9. The van der Waals surface area contributed by atoms with Crippen LogP contribution >= 0.6 is 0 Å². The van der Waals surface area contributed by atoms with Crippen molar-refractivity contribution in [1.82, 2.24) is 4.90 Å². The molecule has 140 valence electrons. The van der Waals surface area contributed by atoms with Crippen molar-refractivity contribution in [2.75, 3.05) is 25.5 Å². The third kappa shape index (κ3) is 4.63. The van der Waals surface area contributed by atoms with Crippen LogP contribution in [0.1, 0.15) is 12.5 Å². The van der Waals surface area contributed by atoms with Gasteiger partial charge in [-0.25, -0.2) is 4.39 Å².